The van der Waals surface area contributed by atoms with Gasteiger partial charge < -0.3 is 41.1 Å². The molecule has 25 heavy (non-hydrogen) atoms. The summed E-state index contributed by atoms with van der Waals surface area (Å²) in [6, 6.07) is 4.61. The van der Waals surface area contributed by atoms with Crippen LogP contribution in [0.5, 0.6) is 11.5 Å². The van der Waals surface area contributed by atoms with Crippen molar-refractivity contribution < 1.29 is 45.3 Å². The van der Waals surface area contributed by atoms with Gasteiger partial charge in [0, 0.05) is 12.6 Å². The number of carboxylic acid groups (broad SMARTS) is 2. The molecular formula is C15H23NO9. The number of carbonyl (C=O) groups is 2. The zero-order valence-electron chi connectivity index (χ0n) is 13.7. The van der Waals surface area contributed by atoms with Gasteiger partial charge in [0.15, 0.2) is 23.7 Å². The molecule has 10 heteroatoms. The maximum atomic E-state index is 9.77. The largest absolute Gasteiger partial charge is 0.504 e. The molecule has 1 aromatic rings. The van der Waals surface area contributed by atoms with Crippen LogP contribution in [0.15, 0.2) is 18.2 Å². The number of aliphatic hydroxyl groups excluding tert-OH is 3. The number of aliphatic carboxylic acids is 2. The van der Waals surface area contributed by atoms with Gasteiger partial charge in [0.05, 0.1) is 6.10 Å². The highest BCUT2D eigenvalue weighted by atomic mass is 16.4. The number of hydrogen-bond acceptors (Lipinski definition) is 8. The van der Waals surface area contributed by atoms with E-state index in [-0.39, 0.29) is 11.5 Å². The van der Waals surface area contributed by atoms with Crippen LogP contribution in [-0.2, 0) is 9.59 Å². The smallest absolute Gasteiger partial charge is 0.335 e. The zero-order valence-corrected chi connectivity index (χ0v) is 13.7. The summed E-state index contributed by atoms with van der Waals surface area (Å²) in [5.74, 6) is -3.93. The maximum absolute atomic E-state index is 9.77. The molecule has 3 atom stereocenters. The number of hydrogen-bond donors (Lipinski definition) is 8. The van der Waals surface area contributed by atoms with Crippen LogP contribution in [0, 0.1) is 0 Å². The average Bonchev–Trinajstić information content (AvgIpc) is 2.53. The lowest BCUT2D eigenvalue weighted by Crippen LogP contribution is -2.39. The first-order valence-electron chi connectivity index (χ1n) is 7.22. The molecule has 0 saturated carbocycles. The SMILES string of the molecule is CC(C)NC[C@H](O)c1ccc(O)c(O)c1.O=C(O)[C@H](O)[C@@H](O)C(=O)O. The second kappa shape index (κ2) is 10.5. The predicted octanol–water partition coefficient (Wildman–Crippen LogP) is -0.993. The highest BCUT2D eigenvalue weighted by Crippen LogP contribution is 2.27. The molecule has 0 radical (unpaired) electrons. The van der Waals surface area contributed by atoms with Crippen molar-refractivity contribution in [2.24, 2.45) is 0 Å². The van der Waals surface area contributed by atoms with E-state index in [1.54, 1.807) is 6.07 Å². The summed E-state index contributed by atoms with van der Waals surface area (Å²) in [6.45, 7) is 4.39. The van der Waals surface area contributed by atoms with Gasteiger partial charge in [0.2, 0.25) is 0 Å². The monoisotopic (exact) mass is 361 g/mol. The Kier molecular flexibility index (Phi) is 9.46. The summed E-state index contributed by atoms with van der Waals surface area (Å²) in [7, 11) is 0. The zero-order chi connectivity index (χ0) is 19.7. The lowest BCUT2D eigenvalue weighted by atomic mass is 10.1. The van der Waals surface area contributed by atoms with E-state index in [0.29, 0.717) is 18.2 Å². The molecule has 1 aromatic carbocycles. The average molecular weight is 361 g/mol. The standard InChI is InChI=1S/C11H17NO3.C4H6O6/c1-7(2)12-6-11(15)8-3-4-9(13)10(14)5-8;5-1(3(7)8)2(6)4(9)10/h3-5,7,11-15H,6H2,1-2H3;1-2,5-6H,(H,7,8)(H,9,10)/t11-;1-,2-/m01/s1. The molecule has 10 nitrogen and oxygen atoms in total. The minimum Gasteiger partial charge on any atom is -0.504 e. The van der Waals surface area contributed by atoms with E-state index in [2.05, 4.69) is 5.32 Å². The summed E-state index contributed by atoms with van der Waals surface area (Å²) < 4.78 is 0. The minimum atomic E-state index is -2.27. The van der Waals surface area contributed by atoms with Crippen LogP contribution in [0.25, 0.3) is 0 Å². The molecule has 0 bridgehead atoms. The molecule has 0 aromatic heterocycles. The van der Waals surface area contributed by atoms with Gasteiger partial charge in [-0.25, -0.2) is 9.59 Å². The molecule has 0 heterocycles. The fraction of sp³-hybridized carbons (Fsp3) is 0.467. The molecule has 0 aliphatic rings. The van der Waals surface area contributed by atoms with Crippen molar-refractivity contribution in [3.63, 3.8) is 0 Å². The summed E-state index contributed by atoms with van der Waals surface area (Å²) in [5.41, 5.74) is 0.582. The van der Waals surface area contributed by atoms with Gasteiger partial charge in [-0.1, -0.05) is 19.9 Å². The fourth-order valence-electron chi connectivity index (χ4n) is 1.48. The van der Waals surface area contributed by atoms with E-state index in [1.807, 2.05) is 13.8 Å². The topological polar surface area (TPSA) is 188 Å². The Morgan fingerprint density at radius 3 is 1.80 bits per heavy atom. The molecular weight excluding hydrogens is 338 g/mol. The van der Waals surface area contributed by atoms with Gasteiger partial charge >= 0.3 is 11.9 Å². The predicted molar refractivity (Wildman–Crippen MR) is 85.2 cm³/mol. The number of benzene rings is 1. The van der Waals surface area contributed by atoms with Crippen molar-refractivity contribution in [1.82, 2.24) is 5.32 Å². The van der Waals surface area contributed by atoms with Crippen LogP contribution < -0.4 is 5.32 Å². The van der Waals surface area contributed by atoms with Gasteiger partial charge in [-0.3, -0.25) is 0 Å². The molecule has 0 aliphatic carbocycles. The van der Waals surface area contributed by atoms with Gasteiger partial charge in [-0.2, -0.15) is 0 Å². The normalized spacial score (nSPS) is 14.2. The fourth-order valence-corrected chi connectivity index (χ4v) is 1.48. The van der Waals surface area contributed by atoms with Crippen molar-refractivity contribution in [2.45, 2.75) is 38.2 Å². The number of carboxylic acids is 2. The summed E-state index contributed by atoms with van der Waals surface area (Å²) in [5, 5.41) is 63.7. The molecule has 1 rings (SSSR count). The number of phenolic OH excluding ortho intramolecular Hbond substituents is 2. The van der Waals surface area contributed by atoms with E-state index >= 15 is 0 Å². The van der Waals surface area contributed by atoms with Crippen LogP contribution in [0.1, 0.15) is 25.5 Å². The summed E-state index contributed by atoms with van der Waals surface area (Å²) >= 11 is 0. The Morgan fingerprint density at radius 1 is 0.960 bits per heavy atom. The molecule has 0 amide bonds. The van der Waals surface area contributed by atoms with Crippen LogP contribution in [-0.4, -0.2) is 72.5 Å². The Hall–Kier alpha value is -2.40. The van der Waals surface area contributed by atoms with Crippen LogP contribution in [0.2, 0.25) is 0 Å². The first-order valence-corrected chi connectivity index (χ1v) is 7.22. The van der Waals surface area contributed by atoms with E-state index in [9.17, 15) is 19.8 Å². The molecule has 0 saturated heterocycles. The lowest BCUT2D eigenvalue weighted by Gasteiger charge is -2.14. The molecule has 0 unspecified atom stereocenters. The Morgan fingerprint density at radius 2 is 1.44 bits per heavy atom. The van der Waals surface area contributed by atoms with Gasteiger partial charge in [0.25, 0.3) is 0 Å². The second-order valence-corrected chi connectivity index (χ2v) is 5.39. The third-order valence-electron chi connectivity index (χ3n) is 2.91. The van der Waals surface area contributed by atoms with E-state index < -0.39 is 30.3 Å². The number of rotatable bonds is 7. The number of phenols is 2. The number of nitrogens with one attached hydrogen (secondary N) is 1. The Bertz CT molecular complexity index is 558. The van der Waals surface area contributed by atoms with E-state index in [0.717, 1.165) is 0 Å². The Labute approximate surface area is 143 Å². The molecule has 0 spiro atoms. The third kappa shape index (κ3) is 8.31. The van der Waals surface area contributed by atoms with Crippen molar-refractivity contribution >= 4 is 11.9 Å². The van der Waals surface area contributed by atoms with Crippen molar-refractivity contribution in [3.8, 4) is 11.5 Å². The maximum Gasteiger partial charge on any atom is 0.335 e. The lowest BCUT2D eigenvalue weighted by molar-refractivity contribution is -0.165. The van der Waals surface area contributed by atoms with Crippen molar-refractivity contribution in [1.29, 1.82) is 0 Å². The van der Waals surface area contributed by atoms with Crippen molar-refractivity contribution in [2.75, 3.05) is 6.54 Å². The highest BCUT2D eigenvalue weighted by Gasteiger charge is 2.29. The van der Waals surface area contributed by atoms with Crippen LogP contribution in [0.4, 0.5) is 0 Å². The summed E-state index contributed by atoms with van der Waals surface area (Å²) in [4.78, 5) is 19.5. The molecule has 142 valence electrons. The molecule has 0 fully saturated rings. The van der Waals surface area contributed by atoms with E-state index in [1.165, 1.54) is 12.1 Å². The van der Waals surface area contributed by atoms with Gasteiger partial charge in [-0.15, -0.1) is 0 Å². The van der Waals surface area contributed by atoms with Crippen molar-refractivity contribution in [3.05, 3.63) is 23.8 Å². The number of aliphatic hydroxyl groups is 3. The highest BCUT2D eigenvalue weighted by molar-refractivity contribution is 5.83. The first-order chi connectivity index (χ1) is 11.5. The quantitative estimate of drug-likeness (QED) is 0.280. The van der Waals surface area contributed by atoms with E-state index in [4.69, 9.17) is 25.5 Å². The summed E-state index contributed by atoms with van der Waals surface area (Å²) in [6.07, 6.45) is -5.21. The van der Waals surface area contributed by atoms with Gasteiger partial charge in [0.1, 0.15) is 0 Å². The Balaban J connectivity index is 0.000000504. The second-order valence-electron chi connectivity index (χ2n) is 5.39. The van der Waals surface area contributed by atoms with Gasteiger partial charge in [-0.05, 0) is 17.7 Å². The molecule has 8 N–H and O–H groups in total. The molecule has 0 aliphatic heterocycles. The minimum absolute atomic E-state index is 0.178. The van der Waals surface area contributed by atoms with Crippen LogP contribution >= 0.6 is 0 Å². The number of aromatic hydroxyl groups is 2. The third-order valence-corrected chi connectivity index (χ3v) is 2.91. The van der Waals surface area contributed by atoms with Crippen LogP contribution in [0.3, 0.4) is 0 Å². The first kappa shape index (κ1) is 22.6.